The van der Waals surface area contributed by atoms with E-state index in [4.69, 9.17) is 9.47 Å². The van der Waals surface area contributed by atoms with Crippen molar-refractivity contribution in [2.45, 2.75) is 71.4 Å². The number of nitrogens with one attached hydrogen (secondary N) is 2. The Hall–Kier alpha value is -3.28. The summed E-state index contributed by atoms with van der Waals surface area (Å²) in [5, 5.41) is 13.3. The van der Waals surface area contributed by atoms with Gasteiger partial charge >= 0.3 is 12.1 Å². The van der Waals surface area contributed by atoms with Gasteiger partial charge in [0.25, 0.3) is 0 Å². The number of amides is 1. The van der Waals surface area contributed by atoms with Crippen LogP contribution in [0.4, 0.5) is 14.9 Å². The second-order valence-corrected chi connectivity index (χ2v) is 10.3. The van der Waals surface area contributed by atoms with Gasteiger partial charge in [0.05, 0.1) is 29.3 Å². The number of aryl methyl sites for hydroxylation is 1. The molecule has 9 heteroatoms. The van der Waals surface area contributed by atoms with E-state index in [0.717, 1.165) is 24.1 Å². The molecule has 188 valence electrons. The molecule has 0 radical (unpaired) electrons. The fourth-order valence-corrected chi connectivity index (χ4v) is 5.19. The number of aromatic nitrogens is 1. The molecule has 1 aliphatic carbocycles. The molecule has 1 fully saturated rings. The number of esters is 1. The SMILES string of the molecule is CCOC(=O)C1CCc2c([nH]c3c(C#N)cc(F)c(N4CCC[C@H](NC(=O)OC(C)(C)C)C4)c23)C1. The summed E-state index contributed by atoms with van der Waals surface area (Å²) in [5.74, 6) is -0.941. The van der Waals surface area contributed by atoms with Crippen LogP contribution in [-0.4, -0.2) is 48.4 Å². The molecule has 1 aromatic heterocycles. The number of rotatable bonds is 4. The maximum absolute atomic E-state index is 15.5. The van der Waals surface area contributed by atoms with E-state index < -0.39 is 17.5 Å². The van der Waals surface area contributed by atoms with Gasteiger partial charge in [-0.3, -0.25) is 4.79 Å². The lowest BCUT2D eigenvalue weighted by molar-refractivity contribution is -0.148. The molecule has 8 nitrogen and oxygen atoms in total. The number of benzene rings is 1. The van der Waals surface area contributed by atoms with Crippen LogP contribution in [0.3, 0.4) is 0 Å². The minimum Gasteiger partial charge on any atom is -0.466 e. The maximum Gasteiger partial charge on any atom is 0.407 e. The van der Waals surface area contributed by atoms with E-state index in [1.165, 1.54) is 6.07 Å². The Morgan fingerprint density at radius 3 is 2.80 bits per heavy atom. The molecule has 1 amide bonds. The van der Waals surface area contributed by atoms with Crippen molar-refractivity contribution in [2.24, 2.45) is 5.92 Å². The monoisotopic (exact) mass is 484 g/mol. The first kappa shape index (κ1) is 24.8. The van der Waals surface area contributed by atoms with Gasteiger partial charge in [0.15, 0.2) is 0 Å². The number of halogens is 1. The van der Waals surface area contributed by atoms with Crippen molar-refractivity contribution in [2.75, 3.05) is 24.6 Å². The maximum atomic E-state index is 15.5. The Kier molecular flexibility index (Phi) is 6.93. The van der Waals surface area contributed by atoms with Crippen molar-refractivity contribution in [1.82, 2.24) is 10.3 Å². The topological polar surface area (TPSA) is 107 Å². The smallest absolute Gasteiger partial charge is 0.407 e. The third kappa shape index (κ3) is 5.21. The molecule has 35 heavy (non-hydrogen) atoms. The van der Waals surface area contributed by atoms with Crippen molar-refractivity contribution < 1.29 is 23.5 Å². The van der Waals surface area contributed by atoms with Gasteiger partial charge in [-0.2, -0.15) is 5.26 Å². The highest BCUT2D eigenvalue weighted by atomic mass is 19.1. The molecular weight excluding hydrogens is 451 g/mol. The van der Waals surface area contributed by atoms with E-state index in [9.17, 15) is 14.9 Å². The number of anilines is 1. The lowest BCUT2D eigenvalue weighted by Gasteiger charge is -2.36. The zero-order chi connectivity index (χ0) is 25.3. The summed E-state index contributed by atoms with van der Waals surface area (Å²) >= 11 is 0. The predicted octanol–water partition coefficient (Wildman–Crippen LogP) is 4.34. The van der Waals surface area contributed by atoms with Crippen molar-refractivity contribution in [3.63, 3.8) is 0 Å². The van der Waals surface area contributed by atoms with Crippen molar-refractivity contribution in [3.8, 4) is 6.07 Å². The van der Waals surface area contributed by atoms with Crippen molar-refractivity contribution in [1.29, 1.82) is 5.26 Å². The summed E-state index contributed by atoms with van der Waals surface area (Å²) in [6.07, 6.45) is 2.73. The van der Waals surface area contributed by atoms with Crippen LogP contribution in [0.1, 0.15) is 63.8 Å². The molecule has 1 saturated heterocycles. The molecule has 0 bridgehead atoms. The molecule has 0 spiro atoms. The standard InChI is InChI=1S/C26H33FN4O4/c1-5-34-24(32)15-8-9-18-20(12-15)30-22-16(13-28)11-19(27)23(21(18)22)31-10-6-7-17(14-31)29-25(33)35-26(2,3)4/h11,15,17,30H,5-10,12,14H2,1-4H3,(H,29,33)/t15?,17-/m0/s1. The molecule has 1 aromatic carbocycles. The number of carbonyl (C=O) groups excluding carboxylic acids is 2. The second-order valence-electron chi connectivity index (χ2n) is 10.3. The van der Waals surface area contributed by atoms with Gasteiger partial charge in [0, 0.05) is 36.6 Å². The molecule has 2 aliphatic rings. The Balaban J connectivity index is 1.67. The quantitative estimate of drug-likeness (QED) is 0.625. The molecule has 2 atom stereocenters. The number of hydrogen-bond acceptors (Lipinski definition) is 6. The normalized spacial score (nSPS) is 20.2. The van der Waals surface area contributed by atoms with Crippen LogP contribution in [0.15, 0.2) is 6.07 Å². The van der Waals surface area contributed by atoms with E-state index in [0.29, 0.717) is 55.5 Å². The zero-order valence-electron chi connectivity index (χ0n) is 20.8. The van der Waals surface area contributed by atoms with E-state index in [2.05, 4.69) is 16.4 Å². The minimum absolute atomic E-state index is 0.188. The number of H-pyrrole nitrogens is 1. The summed E-state index contributed by atoms with van der Waals surface area (Å²) in [7, 11) is 0. The average Bonchev–Trinajstić information content (AvgIpc) is 3.16. The molecule has 0 saturated carbocycles. The first-order valence-electron chi connectivity index (χ1n) is 12.3. The fraction of sp³-hybridized carbons (Fsp3) is 0.577. The summed E-state index contributed by atoms with van der Waals surface area (Å²) in [5.41, 5.74) is 2.49. The molecule has 2 heterocycles. The number of alkyl carbamates (subject to hydrolysis) is 1. The van der Waals surface area contributed by atoms with E-state index in [-0.39, 0.29) is 23.5 Å². The summed E-state index contributed by atoms with van der Waals surface area (Å²) in [6, 6.07) is 3.19. The largest absolute Gasteiger partial charge is 0.466 e. The summed E-state index contributed by atoms with van der Waals surface area (Å²) in [6.45, 7) is 8.61. The number of nitrogens with zero attached hydrogens (tertiary/aromatic N) is 2. The lowest BCUT2D eigenvalue weighted by atomic mass is 9.86. The Labute approximate surface area is 204 Å². The number of piperidine rings is 1. The van der Waals surface area contributed by atoms with Crippen LogP contribution in [-0.2, 0) is 27.1 Å². The first-order valence-corrected chi connectivity index (χ1v) is 12.3. The van der Waals surface area contributed by atoms with Crippen LogP contribution < -0.4 is 10.2 Å². The third-order valence-electron chi connectivity index (χ3n) is 6.59. The van der Waals surface area contributed by atoms with Gasteiger partial charge in [-0.15, -0.1) is 0 Å². The summed E-state index contributed by atoms with van der Waals surface area (Å²) in [4.78, 5) is 29.9. The lowest BCUT2D eigenvalue weighted by Crippen LogP contribution is -2.49. The first-order chi connectivity index (χ1) is 16.6. The molecular formula is C26H33FN4O4. The molecule has 4 rings (SSSR count). The van der Waals surface area contributed by atoms with E-state index >= 15 is 4.39 Å². The fourth-order valence-electron chi connectivity index (χ4n) is 5.19. The van der Waals surface area contributed by atoms with Gasteiger partial charge in [-0.05, 0) is 65.0 Å². The van der Waals surface area contributed by atoms with Crippen LogP contribution in [0.2, 0.25) is 0 Å². The number of fused-ring (bicyclic) bond motifs is 3. The third-order valence-corrected chi connectivity index (χ3v) is 6.59. The Bertz CT molecular complexity index is 1180. The van der Waals surface area contributed by atoms with E-state index in [1.54, 1.807) is 6.92 Å². The van der Waals surface area contributed by atoms with Gasteiger partial charge in [-0.1, -0.05) is 0 Å². The van der Waals surface area contributed by atoms with Crippen LogP contribution in [0, 0.1) is 23.1 Å². The average molecular weight is 485 g/mol. The van der Waals surface area contributed by atoms with Crippen LogP contribution in [0.5, 0.6) is 0 Å². The Morgan fingerprint density at radius 2 is 2.11 bits per heavy atom. The summed E-state index contributed by atoms with van der Waals surface area (Å²) < 4.78 is 26.1. The van der Waals surface area contributed by atoms with E-state index in [1.807, 2.05) is 25.7 Å². The van der Waals surface area contributed by atoms with Gasteiger partial charge in [0.1, 0.15) is 17.5 Å². The predicted molar refractivity (Wildman–Crippen MR) is 130 cm³/mol. The van der Waals surface area contributed by atoms with Crippen LogP contribution in [0.25, 0.3) is 10.9 Å². The van der Waals surface area contributed by atoms with Crippen molar-refractivity contribution >= 4 is 28.7 Å². The molecule has 2 aromatic rings. The van der Waals surface area contributed by atoms with Gasteiger partial charge in [0.2, 0.25) is 0 Å². The number of aromatic amines is 1. The van der Waals surface area contributed by atoms with Crippen molar-refractivity contribution in [3.05, 3.63) is 28.7 Å². The molecule has 1 aliphatic heterocycles. The number of nitriles is 1. The number of carbonyl (C=O) groups is 2. The van der Waals surface area contributed by atoms with Gasteiger partial charge in [-0.25, -0.2) is 9.18 Å². The second kappa shape index (κ2) is 9.76. The minimum atomic E-state index is -0.602. The Morgan fingerprint density at radius 1 is 1.34 bits per heavy atom. The molecule has 2 N–H and O–H groups in total. The highest BCUT2D eigenvalue weighted by Gasteiger charge is 2.33. The highest BCUT2D eigenvalue weighted by molar-refractivity contribution is 6.00. The highest BCUT2D eigenvalue weighted by Crippen LogP contribution is 2.41. The number of hydrogen-bond donors (Lipinski definition) is 2. The van der Waals surface area contributed by atoms with Gasteiger partial charge < -0.3 is 24.7 Å². The van der Waals surface area contributed by atoms with Crippen LogP contribution >= 0.6 is 0 Å². The molecule has 1 unspecified atom stereocenters. The zero-order valence-corrected chi connectivity index (χ0v) is 20.8. The number of ether oxygens (including phenoxy) is 2.